The van der Waals surface area contributed by atoms with Crippen LogP contribution in [0.2, 0.25) is 0 Å². The number of phenols is 1. The molecule has 5 nitrogen and oxygen atoms in total. The second-order valence-electron chi connectivity index (χ2n) is 4.20. The van der Waals surface area contributed by atoms with E-state index in [0.29, 0.717) is 6.42 Å². The van der Waals surface area contributed by atoms with Crippen LogP contribution in [-0.2, 0) is 6.18 Å². The highest BCUT2D eigenvalue weighted by atomic mass is 19.4. The van der Waals surface area contributed by atoms with Gasteiger partial charge in [-0.2, -0.15) is 18.2 Å². The number of hydrogen-bond donors (Lipinski definition) is 2. The molecule has 20 heavy (non-hydrogen) atoms. The first-order chi connectivity index (χ1) is 9.32. The number of phenolic OH excluding ortho intramolecular Hbond substituents is 1. The van der Waals surface area contributed by atoms with E-state index in [-0.39, 0.29) is 17.3 Å². The maximum absolute atomic E-state index is 12.7. The van der Waals surface area contributed by atoms with Gasteiger partial charge in [-0.25, -0.2) is 0 Å². The van der Waals surface area contributed by atoms with Gasteiger partial charge in [0.1, 0.15) is 5.75 Å². The lowest BCUT2D eigenvalue weighted by Gasteiger charge is -2.09. The molecule has 1 unspecified atom stereocenters. The third kappa shape index (κ3) is 2.74. The molecule has 2 aromatic rings. The number of nitrogens with zero attached hydrogens (tertiary/aromatic N) is 2. The number of hydrogen-bond acceptors (Lipinski definition) is 5. The lowest BCUT2D eigenvalue weighted by molar-refractivity contribution is -0.138. The van der Waals surface area contributed by atoms with Gasteiger partial charge in [-0.3, -0.25) is 0 Å². The van der Waals surface area contributed by atoms with Crippen molar-refractivity contribution in [2.75, 3.05) is 0 Å². The molecule has 1 aromatic heterocycles. The summed E-state index contributed by atoms with van der Waals surface area (Å²) in [6.45, 7) is 1.82. The highest BCUT2D eigenvalue weighted by Crippen LogP contribution is 2.37. The van der Waals surface area contributed by atoms with Gasteiger partial charge >= 0.3 is 6.18 Å². The van der Waals surface area contributed by atoms with Crippen LogP contribution in [0.15, 0.2) is 22.7 Å². The van der Waals surface area contributed by atoms with E-state index < -0.39 is 23.5 Å². The van der Waals surface area contributed by atoms with Crippen LogP contribution in [0.25, 0.3) is 11.4 Å². The number of benzene rings is 1. The number of aromatic hydroxyl groups is 1. The first-order valence-corrected chi connectivity index (χ1v) is 5.82. The fourth-order valence-corrected chi connectivity index (χ4v) is 1.58. The van der Waals surface area contributed by atoms with E-state index in [4.69, 9.17) is 10.3 Å². The van der Waals surface area contributed by atoms with Crippen molar-refractivity contribution in [3.8, 4) is 17.1 Å². The Morgan fingerprint density at radius 2 is 2.10 bits per heavy atom. The smallest absolute Gasteiger partial charge is 0.419 e. The average molecular weight is 287 g/mol. The number of alkyl halides is 3. The zero-order valence-corrected chi connectivity index (χ0v) is 10.5. The molecular formula is C12H12F3N3O2. The second-order valence-corrected chi connectivity index (χ2v) is 4.20. The van der Waals surface area contributed by atoms with Crippen molar-refractivity contribution in [1.82, 2.24) is 10.1 Å². The predicted molar refractivity (Wildman–Crippen MR) is 63.6 cm³/mol. The van der Waals surface area contributed by atoms with Crippen LogP contribution >= 0.6 is 0 Å². The van der Waals surface area contributed by atoms with Crippen LogP contribution < -0.4 is 5.73 Å². The predicted octanol–water partition coefficient (Wildman–Crippen LogP) is 2.87. The van der Waals surface area contributed by atoms with Crippen molar-refractivity contribution in [2.24, 2.45) is 5.73 Å². The molecule has 3 N–H and O–H groups in total. The van der Waals surface area contributed by atoms with Crippen LogP contribution in [0.5, 0.6) is 5.75 Å². The fraction of sp³-hybridized carbons (Fsp3) is 0.333. The molecule has 1 aromatic carbocycles. The van der Waals surface area contributed by atoms with Crippen LogP contribution in [0.1, 0.15) is 30.8 Å². The van der Waals surface area contributed by atoms with Gasteiger partial charge in [0.05, 0.1) is 11.6 Å². The molecule has 0 saturated heterocycles. The van der Waals surface area contributed by atoms with Crippen LogP contribution in [-0.4, -0.2) is 15.2 Å². The van der Waals surface area contributed by atoms with Gasteiger partial charge in [-0.15, -0.1) is 0 Å². The molecule has 1 atom stereocenters. The third-order valence-electron chi connectivity index (χ3n) is 2.76. The molecule has 1 heterocycles. The van der Waals surface area contributed by atoms with E-state index in [9.17, 15) is 18.3 Å². The van der Waals surface area contributed by atoms with E-state index >= 15 is 0 Å². The van der Waals surface area contributed by atoms with Gasteiger partial charge in [0, 0.05) is 5.56 Å². The van der Waals surface area contributed by atoms with Gasteiger partial charge in [-0.05, 0) is 24.6 Å². The van der Waals surface area contributed by atoms with Crippen LogP contribution in [0.3, 0.4) is 0 Å². The fourth-order valence-electron chi connectivity index (χ4n) is 1.58. The maximum atomic E-state index is 12.7. The Hall–Kier alpha value is -2.09. The summed E-state index contributed by atoms with van der Waals surface area (Å²) < 4.78 is 43.0. The van der Waals surface area contributed by atoms with Gasteiger partial charge in [0.2, 0.25) is 11.7 Å². The molecule has 108 valence electrons. The van der Waals surface area contributed by atoms with Crippen LogP contribution in [0, 0.1) is 0 Å². The van der Waals surface area contributed by atoms with Gasteiger partial charge in [0.25, 0.3) is 0 Å². The standard InChI is InChI=1S/C12H12F3N3O2/c1-2-8(16)11-17-10(18-20-11)6-3-4-9(19)7(5-6)12(13,14)15/h3-5,8,19H,2,16H2,1H3. The summed E-state index contributed by atoms with van der Waals surface area (Å²) in [7, 11) is 0. The third-order valence-corrected chi connectivity index (χ3v) is 2.76. The molecule has 0 bridgehead atoms. The van der Waals surface area contributed by atoms with E-state index in [1.165, 1.54) is 6.07 Å². The first-order valence-electron chi connectivity index (χ1n) is 5.82. The second kappa shape index (κ2) is 5.12. The van der Waals surface area contributed by atoms with Gasteiger partial charge in [0.15, 0.2) is 0 Å². The highest BCUT2D eigenvalue weighted by Gasteiger charge is 2.34. The summed E-state index contributed by atoms with van der Waals surface area (Å²) >= 11 is 0. The SMILES string of the molecule is CCC(N)c1nc(-c2ccc(O)c(C(F)(F)F)c2)no1. The largest absolute Gasteiger partial charge is 0.507 e. The molecule has 2 rings (SSSR count). The molecule has 0 aliphatic carbocycles. The lowest BCUT2D eigenvalue weighted by atomic mass is 10.1. The summed E-state index contributed by atoms with van der Waals surface area (Å²) in [5.74, 6) is -0.700. The maximum Gasteiger partial charge on any atom is 0.419 e. The summed E-state index contributed by atoms with van der Waals surface area (Å²) in [5.41, 5.74) is 4.63. The van der Waals surface area contributed by atoms with Crippen LogP contribution in [0.4, 0.5) is 13.2 Å². The topological polar surface area (TPSA) is 85.2 Å². The molecule has 0 fully saturated rings. The minimum Gasteiger partial charge on any atom is -0.507 e. The van der Waals surface area contributed by atoms with E-state index in [1.807, 2.05) is 6.92 Å². The highest BCUT2D eigenvalue weighted by molar-refractivity contribution is 5.58. The van der Waals surface area contributed by atoms with E-state index in [0.717, 1.165) is 12.1 Å². The Morgan fingerprint density at radius 3 is 2.70 bits per heavy atom. The monoisotopic (exact) mass is 287 g/mol. The van der Waals surface area contributed by atoms with Crippen molar-refractivity contribution < 1.29 is 22.8 Å². The van der Waals surface area contributed by atoms with E-state index in [2.05, 4.69) is 10.1 Å². The van der Waals surface area contributed by atoms with E-state index in [1.54, 1.807) is 0 Å². The summed E-state index contributed by atoms with van der Waals surface area (Å²) in [4.78, 5) is 3.95. The molecule has 0 amide bonds. The van der Waals surface area contributed by atoms with Crippen molar-refractivity contribution in [3.63, 3.8) is 0 Å². The summed E-state index contributed by atoms with van der Waals surface area (Å²) in [6.07, 6.45) is -4.10. The Labute approximate surface area is 112 Å². The van der Waals surface area contributed by atoms with Crippen molar-refractivity contribution >= 4 is 0 Å². The molecule has 0 radical (unpaired) electrons. The van der Waals surface area contributed by atoms with Gasteiger partial charge in [-0.1, -0.05) is 12.1 Å². The summed E-state index contributed by atoms with van der Waals surface area (Å²) in [5, 5.41) is 12.8. The molecule has 0 aliphatic heterocycles. The number of aromatic nitrogens is 2. The number of rotatable bonds is 3. The number of halogens is 3. The minimum atomic E-state index is -4.66. The molecule has 0 aliphatic rings. The normalized spacial score (nSPS) is 13.4. The summed E-state index contributed by atoms with van der Waals surface area (Å²) in [6, 6.07) is 2.52. The zero-order valence-electron chi connectivity index (χ0n) is 10.5. The van der Waals surface area contributed by atoms with Crippen molar-refractivity contribution in [3.05, 3.63) is 29.7 Å². The Bertz CT molecular complexity index is 610. The van der Waals surface area contributed by atoms with Crippen molar-refractivity contribution in [1.29, 1.82) is 0 Å². The average Bonchev–Trinajstić information content (AvgIpc) is 2.86. The molecular weight excluding hydrogens is 275 g/mol. The van der Waals surface area contributed by atoms with Crippen molar-refractivity contribution in [2.45, 2.75) is 25.6 Å². The quantitative estimate of drug-likeness (QED) is 0.906. The van der Waals surface area contributed by atoms with Gasteiger partial charge < -0.3 is 15.4 Å². The first kappa shape index (κ1) is 14.3. The minimum absolute atomic E-state index is 0.00519. The molecule has 0 saturated carbocycles. The molecule has 8 heteroatoms. The Kier molecular flexibility index (Phi) is 3.67. The Morgan fingerprint density at radius 1 is 1.40 bits per heavy atom. The number of nitrogens with two attached hydrogens (primary N) is 1. The Balaban J connectivity index is 2.41. The molecule has 0 spiro atoms. The zero-order chi connectivity index (χ0) is 14.9. The lowest BCUT2D eigenvalue weighted by Crippen LogP contribution is -2.08.